The van der Waals surface area contributed by atoms with Gasteiger partial charge in [0.2, 0.25) is 5.91 Å². The summed E-state index contributed by atoms with van der Waals surface area (Å²) in [6.45, 7) is 2.99. The first-order valence-corrected chi connectivity index (χ1v) is 7.69. The van der Waals surface area contributed by atoms with Gasteiger partial charge in [-0.25, -0.2) is 0 Å². The van der Waals surface area contributed by atoms with Crippen LogP contribution in [0.15, 0.2) is 18.2 Å². The normalized spacial score (nSPS) is 10.3. The number of ether oxygens (including phenoxy) is 1. The quantitative estimate of drug-likeness (QED) is 0.725. The lowest BCUT2D eigenvalue weighted by Gasteiger charge is -2.10. The lowest BCUT2D eigenvalue weighted by Crippen LogP contribution is -2.41. The van der Waals surface area contributed by atoms with Gasteiger partial charge in [0.15, 0.2) is 6.61 Å². The van der Waals surface area contributed by atoms with E-state index in [1.165, 1.54) is 6.07 Å². The molecule has 0 fully saturated rings. The fraction of sp³-hybridized carbons (Fsp3) is 0.400. The van der Waals surface area contributed by atoms with Crippen molar-refractivity contribution < 1.29 is 19.1 Å². The van der Waals surface area contributed by atoms with Crippen molar-refractivity contribution in [1.82, 2.24) is 10.6 Å². The van der Waals surface area contributed by atoms with Crippen molar-refractivity contribution in [2.24, 2.45) is 0 Å². The highest BCUT2D eigenvalue weighted by molar-refractivity contribution is 6.35. The van der Waals surface area contributed by atoms with Gasteiger partial charge in [-0.15, -0.1) is 0 Å². The Labute approximate surface area is 144 Å². The van der Waals surface area contributed by atoms with Gasteiger partial charge in [0, 0.05) is 16.1 Å². The van der Waals surface area contributed by atoms with E-state index in [9.17, 15) is 14.4 Å². The predicted octanol–water partition coefficient (Wildman–Crippen LogP) is 1.72. The van der Waals surface area contributed by atoms with Gasteiger partial charge in [-0.05, 0) is 31.5 Å². The maximum atomic E-state index is 11.7. The zero-order chi connectivity index (χ0) is 17.4. The number of rotatable bonds is 7. The highest BCUT2D eigenvalue weighted by atomic mass is 35.5. The van der Waals surface area contributed by atoms with Crippen LogP contribution in [0.1, 0.15) is 19.4 Å². The van der Waals surface area contributed by atoms with Gasteiger partial charge in [-0.3, -0.25) is 14.4 Å². The molecule has 0 heterocycles. The largest absolute Gasteiger partial charge is 0.455 e. The van der Waals surface area contributed by atoms with E-state index in [2.05, 4.69) is 10.6 Å². The number of esters is 1. The second-order valence-corrected chi connectivity index (χ2v) is 5.92. The summed E-state index contributed by atoms with van der Waals surface area (Å²) in [5.41, 5.74) is 0.554. The van der Waals surface area contributed by atoms with Gasteiger partial charge >= 0.3 is 5.97 Å². The predicted molar refractivity (Wildman–Crippen MR) is 87.4 cm³/mol. The summed E-state index contributed by atoms with van der Waals surface area (Å²) in [5, 5.41) is 5.79. The summed E-state index contributed by atoms with van der Waals surface area (Å²) in [6, 6.07) is 4.73. The average Bonchev–Trinajstić information content (AvgIpc) is 2.45. The molecule has 2 N–H and O–H groups in total. The molecule has 0 spiro atoms. The van der Waals surface area contributed by atoms with Crippen LogP contribution in [0.5, 0.6) is 0 Å². The maximum absolute atomic E-state index is 11.7. The molecule has 0 saturated carbocycles. The highest BCUT2D eigenvalue weighted by Gasteiger charge is 2.12. The van der Waals surface area contributed by atoms with Crippen molar-refractivity contribution in [3.05, 3.63) is 33.8 Å². The zero-order valence-electron chi connectivity index (χ0n) is 12.8. The molecule has 1 aromatic rings. The standard InChI is InChI=1S/C15H18Cl2N2O4/c1-9(2)19-13(20)7-18-14(21)8-23-15(22)5-10-3-4-11(16)6-12(10)17/h3-4,6,9H,5,7-8H2,1-2H3,(H,18,21)(H,19,20). The van der Waals surface area contributed by atoms with E-state index in [0.29, 0.717) is 15.6 Å². The Morgan fingerprint density at radius 1 is 1.17 bits per heavy atom. The molecule has 1 rings (SSSR count). The van der Waals surface area contributed by atoms with Crippen LogP contribution in [0, 0.1) is 0 Å². The van der Waals surface area contributed by atoms with Gasteiger partial charge in [0.1, 0.15) is 0 Å². The molecule has 2 amide bonds. The second-order valence-electron chi connectivity index (χ2n) is 5.07. The Morgan fingerprint density at radius 3 is 2.48 bits per heavy atom. The molecular weight excluding hydrogens is 343 g/mol. The minimum atomic E-state index is -0.601. The summed E-state index contributed by atoms with van der Waals surface area (Å²) < 4.78 is 4.83. The molecule has 0 radical (unpaired) electrons. The summed E-state index contributed by atoms with van der Waals surface area (Å²) >= 11 is 11.7. The molecule has 0 aliphatic rings. The van der Waals surface area contributed by atoms with Crippen LogP contribution < -0.4 is 10.6 Å². The van der Waals surface area contributed by atoms with Crippen molar-refractivity contribution in [3.63, 3.8) is 0 Å². The average molecular weight is 361 g/mol. The van der Waals surface area contributed by atoms with Gasteiger partial charge in [-0.1, -0.05) is 29.3 Å². The van der Waals surface area contributed by atoms with Crippen molar-refractivity contribution in [2.45, 2.75) is 26.3 Å². The number of hydrogen-bond acceptors (Lipinski definition) is 4. The summed E-state index contributed by atoms with van der Waals surface area (Å²) in [5.74, 6) is -1.47. The number of halogens is 2. The van der Waals surface area contributed by atoms with Crippen molar-refractivity contribution in [2.75, 3.05) is 13.2 Å². The third kappa shape index (κ3) is 7.85. The second kappa shape index (κ2) is 9.37. The SMILES string of the molecule is CC(C)NC(=O)CNC(=O)COC(=O)Cc1ccc(Cl)cc1Cl. The van der Waals surface area contributed by atoms with E-state index in [1.807, 2.05) is 13.8 Å². The van der Waals surface area contributed by atoms with Crippen LogP contribution in [0.2, 0.25) is 10.0 Å². The van der Waals surface area contributed by atoms with E-state index in [1.54, 1.807) is 12.1 Å². The summed E-state index contributed by atoms with van der Waals surface area (Å²) in [6.07, 6.45) is -0.0723. The Bertz CT molecular complexity index is 591. The molecule has 0 aliphatic carbocycles. The Morgan fingerprint density at radius 2 is 1.87 bits per heavy atom. The van der Waals surface area contributed by atoms with Crippen LogP contribution in [0.3, 0.4) is 0 Å². The minimum absolute atomic E-state index is 0.0126. The third-order valence-electron chi connectivity index (χ3n) is 2.61. The first kappa shape index (κ1) is 19.3. The molecule has 23 heavy (non-hydrogen) atoms. The Hall–Kier alpha value is -1.79. The van der Waals surface area contributed by atoms with E-state index < -0.39 is 18.5 Å². The molecule has 8 heteroatoms. The topological polar surface area (TPSA) is 84.5 Å². The molecule has 0 aliphatic heterocycles. The summed E-state index contributed by atoms with van der Waals surface area (Å²) in [7, 11) is 0. The lowest BCUT2D eigenvalue weighted by atomic mass is 10.1. The number of benzene rings is 1. The molecule has 0 atom stereocenters. The van der Waals surface area contributed by atoms with Crippen molar-refractivity contribution in [3.8, 4) is 0 Å². The fourth-order valence-electron chi connectivity index (χ4n) is 1.62. The molecule has 0 saturated heterocycles. The number of carbonyl (C=O) groups excluding carboxylic acids is 3. The first-order valence-electron chi connectivity index (χ1n) is 6.93. The smallest absolute Gasteiger partial charge is 0.310 e. The van der Waals surface area contributed by atoms with Gasteiger partial charge in [0.05, 0.1) is 13.0 Å². The number of amides is 2. The molecule has 6 nitrogen and oxygen atoms in total. The number of nitrogens with one attached hydrogen (secondary N) is 2. The molecule has 0 unspecified atom stereocenters. The highest BCUT2D eigenvalue weighted by Crippen LogP contribution is 2.21. The third-order valence-corrected chi connectivity index (χ3v) is 3.20. The molecular formula is C15H18Cl2N2O4. The van der Waals surface area contributed by atoms with Gasteiger partial charge in [0.25, 0.3) is 5.91 Å². The van der Waals surface area contributed by atoms with Crippen LogP contribution in [-0.2, 0) is 25.5 Å². The molecule has 0 aromatic heterocycles. The minimum Gasteiger partial charge on any atom is -0.455 e. The van der Waals surface area contributed by atoms with Crippen molar-refractivity contribution in [1.29, 1.82) is 0 Å². The van der Waals surface area contributed by atoms with E-state index in [4.69, 9.17) is 27.9 Å². The lowest BCUT2D eigenvalue weighted by molar-refractivity contribution is -0.147. The first-order chi connectivity index (χ1) is 10.8. The molecule has 0 bridgehead atoms. The van der Waals surface area contributed by atoms with Crippen molar-refractivity contribution >= 4 is 41.0 Å². The Balaban J connectivity index is 2.32. The van der Waals surface area contributed by atoms with Crippen LogP contribution in [0.25, 0.3) is 0 Å². The van der Waals surface area contributed by atoms with E-state index in [-0.39, 0.29) is 24.9 Å². The zero-order valence-corrected chi connectivity index (χ0v) is 14.3. The van der Waals surface area contributed by atoms with E-state index in [0.717, 1.165) is 0 Å². The van der Waals surface area contributed by atoms with E-state index >= 15 is 0 Å². The maximum Gasteiger partial charge on any atom is 0.310 e. The Kier molecular flexibility index (Phi) is 7.85. The fourth-order valence-corrected chi connectivity index (χ4v) is 2.10. The number of carbonyl (C=O) groups is 3. The van der Waals surface area contributed by atoms with Gasteiger partial charge < -0.3 is 15.4 Å². The van der Waals surface area contributed by atoms with Crippen LogP contribution in [0.4, 0.5) is 0 Å². The van der Waals surface area contributed by atoms with Gasteiger partial charge in [-0.2, -0.15) is 0 Å². The van der Waals surface area contributed by atoms with Crippen LogP contribution >= 0.6 is 23.2 Å². The van der Waals surface area contributed by atoms with Crippen LogP contribution in [-0.4, -0.2) is 37.0 Å². The summed E-state index contributed by atoms with van der Waals surface area (Å²) in [4.78, 5) is 34.5. The molecule has 126 valence electrons. The monoisotopic (exact) mass is 360 g/mol. The number of hydrogen-bond donors (Lipinski definition) is 2. The molecule has 1 aromatic carbocycles.